The lowest BCUT2D eigenvalue weighted by atomic mass is 10.2. The Morgan fingerprint density at radius 1 is 1.23 bits per heavy atom. The molecule has 7 nitrogen and oxygen atoms in total. The van der Waals surface area contributed by atoms with Crippen LogP contribution in [0.1, 0.15) is 28.2 Å². The second-order valence-corrected chi connectivity index (χ2v) is 7.30. The molecule has 0 aliphatic carbocycles. The summed E-state index contributed by atoms with van der Waals surface area (Å²) in [5, 5.41) is 11.7. The summed E-state index contributed by atoms with van der Waals surface area (Å²) in [4.78, 5) is 12.2. The molecule has 0 aliphatic rings. The van der Waals surface area contributed by atoms with Crippen LogP contribution in [-0.4, -0.2) is 32.0 Å². The van der Waals surface area contributed by atoms with Gasteiger partial charge in [-0.3, -0.25) is 9.48 Å². The number of hydrogen-bond donors (Lipinski definition) is 1. The molecule has 0 aliphatic heterocycles. The fraction of sp³-hybridized carbons (Fsp3) is 0.316. The third-order valence-corrected chi connectivity index (χ3v) is 5.16. The standard InChI is InChI=1S/C19H18Cl2F3N5O2/c1-12-16(20)17(21)29(26-12)8-3-7-25-18(30)15-6-9-28(27-15)11-31-14-5-2-4-13(10-14)19(22,23)24/h2,4-6,9-10H,3,7-8,11H2,1H3,(H,25,30). The lowest BCUT2D eigenvalue weighted by Gasteiger charge is -2.10. The first-order valence-electron chi connectivity index (χ1n) is 9.15. The first kappa shape index (κ1) is 23.0. The van der Waals surface area contributed by atoms with E-state index in [4.69, 9.17) is 27.9 Å². The summed E-state index contributed by atoms with van der Waals surface area (Å²) in [6.45, 7) is 2.44. The Balaban J connectivity index is 1.46. The molecule has 1 N–H and O–H groups in total. The van der Waals surface area contributed by atoms with E-state index >= 15 is 0 Å². The minimum Gasteiger partial charge on any atom is -0.471 e. The SMILES string of the molecule is Cc1nn(CCCNC(=O)c2ccn(COc3cccc(C(F)(F)F)c3)n2)c(Cl)c1Cl. The van der Waals surface area contributed by atoms with Gasteiger partial charge >= 0.3 is 6.18 Å². The Labute approximate surface area is 185 Å². The molecular weight excluding hydrogens is 458 g/mol. The number of aromatic nitrogens is 4. The summed E-state index contributed by atoms with van der Waals surface area (Å²) in [5.74, 6) is -0.345. The lowest BCUT2D eigenvalue weighted by molar-refractivity contribution is -0.137. The zero-order valence-corrected chi connectivity index (χ0v) is 17.8. The van der Waals surface area contributed by atoms with Gasteiger partial charge in [-0.15, -0.1) is 0 Å². The van der Waals surface area contributed by atoms with Crippen LogP contribution in [-0.2, 0) is 19.5 Å². The van der Waals surface area contributed by atoms with E-state index in [0.29, 0.717) is 35.4 Å². The van der Waals surface area contributed by atoms with Crippen LogP contribution in [0.4, 0.5) is 13.2 Å². The molecule has 0 atom stereocenters. The zero-order valence-electron chi connectivity index (χ0n) is 16.3. The van der Waals surface area contributed by atoms with Gasteiger partial charge in [0.05, 0.1) is 11.3 Å². The highest BCUT2D eigenvalue weighted by molar-refractivity contribution is 6.41. The Kier molecular flexibility index (Phi) is 7.11. The van der Waals surface area contributed by atoms with Crippen LogP contribution in [0, 0.1) is 6.92 Å². The molecule has 0 radical (unpaired) electrons. The van der Waals surface area contributed by atoms with Gasteiger partial charge in [-0.2, -0.15) is 23.4 Å². The average molecular weight is 476 g/mol. The molecule has 0 unspecified atom stereocenters. The van der Waals surface area contributed by atoms with Crippen molar-refractivity contribution in [2.45, 2.75) is 32.8 Å². The minimum atomic E-state index is -4.45. The van der Waals surface area contributed by atoms with Crippen molar-refractivity contribution in [3.63, 3.8) is 0 Å². The Morgan fingerprint density at radius 3 is 2.68 bits per heavy atom. The van der Waals surface area contributed by atoms with Crippen LogP contribution in [0.15, 0.2) is 36.5 Å². The van der Waals surface area contributed by atoms with E-state index in [-0.39, 0.29) is 18.2 Å². The van der Waals surface area contributed by atoms with Crippen LogP contribution < -0.4 is 10.1 Å². The van der Waals surface area contributed by atoms with Crippen molar-refractivity contribution in [3.05, 3.63) is 63.7 Å². The molecule has 0 spiro atoms. The summed E-state index contributed by atoms with van der Waals surface area (Å²) < 4.78 is 46.4. The van der Waals surface area contributed by atoms with Gasteiger partial charge in [-0.25, -0.2) is 4.68 Å². The number of alkyl halides is 3. The van der Waals surface area contributed by atoms with E-state index in [1.807, 2.05) is 0 Å². The maximum Gasteiger partial charge on any atom is 0.416 e. The Morgan fingerprint density at radius 2 is 2.00 bits per heavy atom. The topological polar surface area (TPSA) is 74.0 Å². The van der Waals surface area contributed by atoms with Crippen molar-refractivity contribution < 1.29 is 22.7 Å². The second-order valence-electron chi connectivity index (χ2n) is 6.56. The maximum absolute atomic E-state index is 12.8. The summed E-state index contributed by atoms with van der Waals surface area (Å²) in [6.07, 6.45) is -2.39. The number of ether oxygens (including phenoxy) is 1. The van der Waals surface area contributed by atoms with Crippen molar-refractivity contribution in [1.29, 1.82) is 0 Å². The van der Waals surface area contributed by atoms with Crippen molar-refractivity contribution in [3.8, 4) is 5.75 Å². The highest BCUT2D eigenvalue weighted by atomic mass is 35.5. The number of rotatable bonds is 8. The van der Waals surface area contributed by atoms with E-state index in [9.17, 15) is 18.0 Å². The molecule has 0 bridgehead atoms. The normalized spacial score (nSPS) is 11.5. The number of benzene rings is 1. The largest absolute Gasteiger partial charge is 0.471 e. The van der Waals surface area contributed by atoms with Crippen LogP contribution in [0.3, 0.4) is 0 Å². The van der Waals surface area contributed by atoms with Crippen LogP contribution in [0.25, 0.3) is 0 Å². The number of carbonyl (C=O) groups excluding carboxylic acids is 1. The minimum absolute atomic E-state index is 0.0453. The molecule has 2 aromatic heterocycles. The smallest absolute Gasteiger partial charge is 0.416 e. The first-order chi connectivity index (χ1) is 14.6. The summed E-state index contributed by atoms with van der Waals surface area (Å²) in [6, 6.07) is 6.01. The Hall–Kier alpha value is -2.72. The molecule has 3 aromatic rings. The van der Waals surface area contributed by atoms with Gasteiger partial charge in [0.25, 0.3) is 5.91 Å². The molecular formula is C19H18Cl2F3N5O2. The van der Waals surface area contributed by atoms with Gasteiger partial charge in [0.1, 0.15) is 21.6 Å². The molecule has 31 heavy (non-hydrogen) atoms. The van der Waals surface area contributed by atoms with E-state index in [0.717, 1.165) is 12.1 Å². The maximum atomic E-state index is 12.8. The number of halogens is 5. The first-order valence-corrected chi connectivity index (χ1v) is 9.91. The van der Waals surface area contributed by atoms with Gasteiger partial charge in [-0.05, 0) is 37.6 Å². The van der Waals surface area contributed by atoms with Gasteiger partial charge < -0.3 is 10.1 Å². The number of nitrogens with zero attached hydrogens (tertiary/aromatic N) is 4. The van der Waals surface area contributed by atoms with E-state index in [2.05, 4.69) is 15.5 Å². The highest BCUT2D eigenvalue weighted by Crippen LogP contribution is 2.31. The van der Waals surface area contributed by atoms with E-state index in [1.165, 1.54) is 29.1 Å². The summed E-state index contributed by atoms with van der Waals surface area (Å²) >= 11 is 12.0. The van der Waals surface area contributed by atoms with Crippen molar-refractivity contribution in [2.24, 2.45) is 0 Å². The quantitative estimate of drug-likeness (QED) is 0.484. The zero-order chi connectivity index (χ0) is 22.6. The number of aryl methyl sites for hydroxylation is 2. The van der Waals surface area contributed by atoms with Gasteiger partial charge in [-0.1, -0.05) is 29.3 Å². The van der Waals surface area contributed by atoms with E-state index < -0.39 is 17.6 Å². The number of carbonyl (C=O) groups is 1. The Bertz CT molecular complexity index is 1070. The molecule has 0 saturated heterocycles. The molecule has 0 saturated carbocycles. The number of nitrogens with one attached hydrogen (secondary N) is 1. The van der Waals surface area contributed by atoms with Gasteiger partial charge in [0.15, 0.2) is 6.73 Å². The third-order valence-electron chi connectivity index (χ3n) is 4.23. The molecule has 12 heteroatoms. The fourth-order valence-corrected chi connectivity index (χ4v) is 3.05. The monoisotopic (exact) mass is 475 g/mol. The predicted octanol–water partition coefficient (Wildman–Crippen LogP) is 4.57. The van der Waals surface area contributed by atoms with Crippen molar-refractivity contribution in [1.82, 2.24) is 24.9 Å². The third kappa shape index (κ3) is 5.92. The lowest BCUT2D eigenvalue weighted by Crippen LogP contribution is -2.26. The molecule has 0 fully saturated rings. The van der Waals surface area contributed by atoms with Crippen molar-refractivity contribution in [2.75, 3.05) is 6.54 Å². The highest BCUT2D eigenvalue weighted by Gasteiger charge is 2.30. The number of hydrogen-bond acceptors (Lipinski definition) is 4. The van der Waals surface area contributed by atoms with Gasteiger partial charge in [0.2, 0.25) is 0 Å². The molecule has 1 aromatic carbocycles. The number of amides is 1. The van der Waals surface area contributed by atoms with Crippen LogP contribution in [0.5, 0.6) is 5.75 Å². The fourth-order valence-electron chi connectivity index (χ4n) is 2.66. The summed E-state index contributed by atoms with van der Waals surface area (Å²) in [7, 11) is 0. The second kappa shape index (κ2) is 9.61. The van der Waals surface area contributed by atoms with Crippen molar-refractivity contribution >= 4 is 29.1 Å². The molecule has 2 heterocycles. The van der Waals surface area contributed by atoms with Gasteiger partial charge in [0, 0.05) is 19.3 Å². The summed E-state index contributed by atoms with van der Waals surface area (Å²) in [5.41, 5.74) is -0.0170. The average Bonchev–Trinajstić information content (AvgIpc) is 3.30. The molecule has 166 valence electrons. The predicted molar refractivity (Wildman–Crippen MR) is 108 cm³/mol. The molecule has 3 rings (SSSR count). The molecule has 1 amide bonds. The van der Waals surface area contributed by atoms with Crippen LogP contribution >= 0.6 is 23.2 Å². The van der Waals surface area contributed by atoms with E-state index in [1.54, 1.807) is 11.6 Å². The van der Waals surface area contributed by atoms with Crippen LogP contribution in [0.2, 0.25) is 10.2 Å².